The second kappa shape index (κ2) is 8.22. The lowest BCUT2D eigenvalue weighted by Gasteiger charge is -2.28. The normalized spacial score (nSPS) is 11.6. The van der Waals surface area contributed by atoms with Gasteiger partial charge in [0.1, 0.15) is 7.05 Å². The van der Waals surface area contributed by atoms with E-state index in [4.69, 9.17) is 0 Å². The topological polar surface area (TPSA) is 3.88 Å². The molecule has 1 aromatic heterocycles. The van der Waals surface area contributed by atoms with Crippen molar-refractivity contribution in [1.82, 2.24) is 0 Å². The lowest BCUT2D eigenvalue weighted by Crippen LogP contribution is -2.45. The van der Waals surface area contributed by atoms with Gasteiger partial charge < -0.3 is 0 Å². The fourth-order valence-corrected chi connectivity index (χ4v) is 7.85. The molecule has 3 aromatic rings. The van der Waals surface area contributed by atoms with Crippen molar-refractivity contribution >= 4 is 13.3 Å². The molecule has 3 rings (SSSR count). The van der Waals surface area contributed by atoms with Crippen molar-refractivity contribution in [2.45, 2.75) is 45.8 Å². The van der Waals surface area contributed by atoms with Crippen molar-refractivity contribution in [3.63, 3.8) is 0 Å². The molecule has 0 bridgehead atoms. The maximum absolute atomic E-state index is 2.40. The highest BCUT2D eigenvalue weighted by molar-refractivity contribution is 6.91. The summed E-state index contributed by atoms with van der Waals surface area (Å²) in [6.07, 6.45) is 2.17. The van der Waals surface area contributed by atoms with Crippen LogP contribution in [0.3, 0.4) is 0 Å². The highest BCUT2D eigenvalue weighted by Gasteiger charge is 2.28. The Bertz CT molecular complexity index is 900. The number of aryl methyl sites for hydroxylation is 2. The Morgan fingerprint density at radius 1 is 0.778 bits per heavy atom. The smallest absolute Gasteiger partial charge is 0.201 e. The number of hydrogen-bond donors (Lipinski definition) is 0. The maximum Gasteiger partial charge on any atom is 0.213 e. The quantitative estimate of drug-likeness (QED) is 0.375. The third-order valence-corrected chi connectivity index (χ3v) is 12.1. The van der Waals surface area contributed by atoms with Crippen molar-refractivity contribution in [3.8, 4) is 22.4 Å². The number of rotatable bonds is 6. The molecule has 2 heteroatoms. The number of hydrogen-bond acceptors (Lipinski definition) is 0. The first-order chi connectivity index (χ1) is 13.0. The minimum atomic E-state index is -1.30. The average molecular weight is 375 g/mol. The fraction of sp³-hybridized carbons (Fsp3) is 0.320. The first-order valence-electron chi connectivity index (χ1n) is 10.2. The predicted octanol–water partition coefficient (Wildman–Crippen LogP) is 5.87. The lowest BCUT2D eigenvalue weighted by atomic mass is 10.0. The van der Waals surface area contributed by atoms with Crippen LogP contribution in [0.4, 0.5) is 0 Å². The van der Waals surface area contributed by atoms with E-state index in [0.717, 1.165) is 0 Å². The van der Waals surface area contributed by atoms with E-state index in [1.165, 1.54) is 46.1 Å². The minimum absolute atomic E-state index is 1.26. The van der Waals surface area contributed by atoms with E-state index in [1.807, 2.05) is 0 Å². The number of benzene rings is 2. The summed E-state index contributed by atoms with van der Waals surface area (Å²) in [6.45, 7) is 9.30. The van der Waals surface area contributed by atoms with Crippen molar-refractivity contribution < 1.29 is 4.57 Å². The summed E-state index contributed by atoms with van der Waals surface area (Å²) in [4.78, 5) is 0. The first-order valence-corrected chi connectivity index (χ1v) is 12.8. The molecule has 0 radical (unpaired) electrons. The van der Waals surface area contributed by atoms with Gasteiger partial charge in [0.15, 0.2) is 6.20 Å². The third-order valence-electron chi connectivity index (χ3n) is 6.43. The zero-order valence-electron chi connectivity index (χ0n) is 17.4. The molecule has 140 valence electrons. The van der Waals surface area contributed by atoms with Crippen LogP contribution in [0.5, 0.6) is 0 Å². The zero-order valence-corrected chi connectivity index (χ0v) is 18.4. The van der Waals surface area contributed by atoms with Crippen molar-refractivity contribution in [3.05, 3.63) is 72.4 Å². The van der Waals surface area contributed by atoms with Crippen LogP contribution in [0, 0.1) is 6.92 Å². The standard InChI is InChI=1S/C25H32NSi/c1-6-27(7-2,8-3)23-15-13-21(14-16-23)22-17-18-26(5)25(19-22)24-12-10-9-11-20(24)4/h9-19H,6-8H2,1-5H3/q+1. The summed E-state index contributed by atoms with van der Waals surface area (Å²) in [5.41, 5.74) is 6.46. The van der Waals surface area contributed by atoms with Gasteiger partial charge in [0.2, 0.25) is 5.69 Å². The number of nitrogens with zero attached hydrogens (tertiary/aromatic N) is 1. The number of aromatic nitrogens is 1. The largest absolute Gasteiger partial charge is 0.213 e. The first kappa shape index (κ1) is 19.6. The van der Waals surface area contributed by atoms with Crippen LogP contribution in [-0.2, 0) is 7.05 Å². The molecule has 0 fully saturated rings. The van der Waals surface area contributed by atoms with Gasteiger partial charge in [0.05, 0.1) is 8.07 Å². The molecule has 0 aliphatic rings. The molecule has 0 aliphatic heterocycles. The van der Waals surface area contributed by atoms with Crippen molar-refractivity contribution in [1.29, 1.82) is 0 Å². The van der Waals surface area contributed by atoms with Gasteiger partial charge in [0.25, 0.3) is 0 Å². The summed E-state index contributed by atoms with van der Waals surface area (Å²) in [7, 11) is 0.822. The highest BCUT2D eigenvalue weighted by atomic mass is 28.3. The molecule has 0 saturated heterocycles. The molecular formula is C25H32NSi+. The Kier molecular flexibility index (Phi) is 5.96. The molecule has 0 amide bonds. The lowest BCUT2D eigenvalue weighted by molar-refractivity contribution is -0.660. The zero-order chi connectivity index (χ0) is 19.4. The van der Waals surface area contributed by atoms with E-state index >= 15 is 0 Å². The van der Waals surface area contributed by atoms with Gasteiger partial charge in [-0.25, -0.2) is 4.57 Å². The van der Waals surface area contributed by atoms with Gasteiger partial charge in [-0.3, -0.25) is 0 Å². The summed E-state index contributed by atoms with van der Waals surface area (Å²) >= 11 is 0. The molecule has 0 atom stereocenters. The molecular weight excluding hydrogens is 342 g/mol. The Balaban J connectivity index is 2.01. The van der Waals surface area contributed by atoms with E-state index in [9.17, 15) is 0 Å². The molecule has 0 unspecified atom stereocenters. The van der Waals surface area contributed by atoms with Gasteiger partial charge in [-0.2, -0.15) is 0 Å². The Labute approximate surface area is 165 Å². The van der Waals surface area contributed by atoms with Crippen LogP contribution in [0.15, 0.2) is 66.9 Å². The molecule has 1 nitrogen and oxygen atoms in total. The molecule has 0 N–H and O–H groups in total. The average Bonchev–Trinajstić information content (AvgIpc) is 2.71. The Hall–Kier alpha value is -2.19. The van der Waals surface area contributed by atoms with Crippen LogP contribution in [0.25, 0.3) is 22.4 Å². The molecule has 1 heterocycles. The minimum Gasteiger partial charge on any atom is -0.201 e. The van der Waals surface area contributed by atoms with Crippen LogP contribution < -0.4 is 9.75 Å². The summed E-state index contributed by atoms with van der Waals surface area (Å²) in [5, 5.41) is 1.61. The number of pyridine rings is 1. The molecule has 0 aliphatic carbocycles. The third kappa shape index (κ3) is 3.77. The van der Waals surface area contributed by atoms with Crippen LogP contribution in [0.1, 0.15) is 26.3 Å². The fourth-order valence-electron chi connectivity index (χ4n) is 4.26. The molecule has 0 spiro atoms. The van der Waals surface area contributed by atoms with E-state index in [1.54, 1.807) is 5.19 Å². The Morgan fingerprint density at radius 3 is 2.00 bits per heavy atom. The predicted molar refractivity (Wildman–Crippen MR) is 120 cm³/mol. The van der Waals surface area contributed by atoms with Gasteiger partial charge >= 0.3 is 0 Å². The summed E-state index contributed by atoms with van der Waals surface area (Å²) < 4.78 is 2.21. The van der Waals surface area contributed by atoms with Crippen LogP contribution in [-0.4, -0.2) is 8.07 Å². The summed E-state index contributed by atoms with van der Waals surface area (Å²) in [6, 6.07) is 26.6. The van der Waals surface area contributed by atoms with E-state index in [0.29, 0.717) is 0 Å². The van der Waals surface area contributed by atoms with Gasteiger partial charge in [-0.1, -0.05) is 86.6 Å². The van der Waals surface area contributed by atoms with Crippen LogP contribution >= 0.6 is 0 Å². The van der Waals surface area contributed by atoms with Crippen molar-refractivity contribution in [2.75, 3.05) is 0 Å². The van der Waals surface area contributed by atoms with E-state index in [2.05, 4.69) is 106 Å². The van der Waals surface area contributed by atoms with Gasteiger partial charge in [-0.15, -0.1) is 0 Å². The Morgan fingerprint density at radius 2 is 1.41 bits per heavy atom. The van der Waals surface area contributed by atoms with E-state index in [-0.39, 0.29) is 0 Å². The van der Waals surface area contributed by atoms with Crippen molar-refractivity contribution in [2.24, 2.45) is 7.05 Å². The van der Waals surface area contributed by atoms with E-state index < -0.39 is 8.07 Å². The molecule has 2 aromatic carbocycles. The summed E-state index contributed by atoms with van der Waals surface area (Å²) in [5.74, 6) is 0. The van der Waals surface area contributed by atoms with Crippen LogP contribution in [0.2, 0.25) is 18.1 Å². The second-order valence-electron chi connectivity index (χ2n) is 7.64. The highest BCUT2D eigenvalue weighted by Crippen LogP contribution is 2.26. The monoisotopic (exact) mass is 374 g/mol. The van der Waals surface area contributed by atoms with Gasteiger partial charge in [0, 0.05) is 17.7 Å². The molecule has 0 saturated carbocycles. The maximum atomic E-state index is 2.40. The SMILES string of the molecule is CC[Si](CC)(CC)c1ccc(-c2cc[n+](C)c(-c3ccccc3C)c2)cc1. The molecule has 27 heavy (non-hydrogen) atoms. The van der Waals surface area contributed by atoms with Gasteiger partial charge in [-0.05, 0) is 29.7 Å². The second-order valence-corrected chi connectivity index (χ2v) is 12.9.